The zero-order valence-corrected chi connectivity index (χ0v) is 13.9. The van der Waals surface area contributed by atoms with Gasteiger partial charge in [-0.15, -0.1) is 0 Å². The van der Waals surface area contributed by atoms with Gasteiger partial charge in [0, 0.05) is 19.2 Å². The molecule has 2 aromatic rings. The Hall–Kier alpha value is -3.03. The second kappa shape index (κ2) is 7.90. The number of amides is 1. The Bertz CT molecular complexity index is 792. The molecular formula is C18H17F3N2O3. The molecule has 0 aliphatic carbocycles. The van der Waals surface area contributed by atoms with Crippen molar-refractivity contribution >= 4 is 28.9 Å². The van der Waals surface area contributed by atoms with Crippen molar-refractivity contribution in [1.29, 1.82) is 0 Å². The average Bonchev–Trinajstić information content (AvgIpc) is 2.59. The number of carbonyl (C=O) groups excluding carboxylic acids is 1. The maximum atomic E-state index is 13.0. The summed E-state index contributed by atoms with van der Waals surface area (Å²) in [6.45, 7) is 0. The monoisotopic (exact) mass is 366 g/mol. The van der Waals surface area contributed by atoms with Crippen molar-refractivity contribution in [2.45, 2.75) is 19.0 Å². The maximum absolute atomic E-state index is 13.0. The summed E-state index contributed by atoms with van der Waals surface area (Å²) >= 11 is 0. The van der Waals surface area contributed by atoms with Crippen LogP contribution in [0.4, 0.5) is 30.2 Å². The second-order valence-electron chi connectivity index (χ2n) is 5.57. The minimum atomic E-state index is -4.57. The van der Waals surface area contributed by atoms with Gasteiger partial charge in [-0.3, -0.25) is 9.59 Å². The van der Waals surface area contributed by atoms with E-state index in [9.17, 15) is 22.8 Å². The SMILES string of the molecule is CN(c1ccccc1)c1ccc(C(F)(F)F)cc1NC(=O)CCC(=O)O. The van der Waals surface area contributed by atoms with E-state index in [2.05, 4.69) is 5.32 Å². The number of nitrogens with zero attached hydrogens (tertiary/aromatic N) is 1. The molecule has 26 heavy (non-hydrogen) atoms. The molecule has 5 nitrogen and oxygen atoms in total. The molecule has 0 fully saturated rings. The molecule has 0 radical (unpaired) electrons. The molecule has 0 aliphatic rings. The zero-order chi connectivity index (χ0) is 19.3. The minimum Gasteiger partial charge on any atom is -0.481 e. The van der Waals surface area contributed by atoms with E-state index in [4.69, 9.17) is 5.11 Å². The number of rotatable bonds is 6. The van der Waals surface area contributed by atoms with Gasteiger partial charge < -0.3 is 15.3 Å². The van der Waals surface area contributed by atoms with Crippen LogP contribution < -0.4 is 10.2 Å². The highest BCUT2D eigenvalue weighted by atomic mass is 19.4. The molecule has 2 rings (SSSR count). The summed E-state index contributed by atoms with van der Waals surface area (Å²) in [5, 5.41) is 11.0. The molecule has 0 atom stereocenters. The molecule has 0 saturated heterocycles. The number of anilines is 3. The van der Waals surface area contributed by atoms with Crippen LogP contribution in [0.25, 0.3) is 0 Å². The van der Waals surface area contributed by atoms with Crippen LogP contribution in [0.15, 0.2) is 48.5 Å². The molecule has 138 valence electrons. The number of carbonyl (C=O) groups is 2. The Morgan fingerprint density at radius 1 is 1.08 bits per heavy atom. The van der Waals surface area contributed by atoms with Crippen LogP contribution in [0.2, 0.25) is 0 Å². The van der Waals surface area contributed by atoms with Crippen LogP contribution in [0, 0.1) is 0 Å². The van der Waals surface area contributed by atoms with E-state index < -0.39 is 30.0 Å². The Morgan fingerprint density at radius 2 is 1.73 bits per heavy atom. The predicted molar refractivity (Wildman–Crippen MR) is 91.4 cm³/mol. The lowest BCUT2D eigenvalue weighted by molar-refractivity contribution is -0.138. The topological polar surface area (TPSA) is 69.6 Å². The van der Waals surface area contributed by atoms with E-state index in [0.717, 1.165) is 12.1 Å². The van der Waals surface area contributed by atoms with E-state index >= 15 is 0 Å². The van der Waals surface area contributed by atoms with Crippen molar-refractivity contribution in [2.24, 2.45) is 0 Å². The van der Waals surface area contributed by atoms with Crippen molar-refractivity contribution in [3.05, 3.63) is 54.1 Å². The van der Waals surface area contributed by atoms with Crippen LogP contribution >= 0.6 is 0 Å². The molecule has 0 aliphatic heterocycles. The molecule has 8 heteroatoms. The average molecular weight is 366 g/mol. The van der Waals surface area contributed by atoms with Crippen LogP contribution in [-0.4, -0.2) is 24.0 Å². The fraction of sp³-hybridized carbons (Fsp3) is 0.222. The third kappa shape index (κ3) is 4.98. The summed E-state index contributed by atoms with van der Waals surface area (Å²) in [4.78, 5) is 24.1. The summed E-state index contributed by atoms with van der Waals surface area (Å²) in [5.74, 6) is -1.83. The molecule has 2 aromatic carbocycles. The van der Waals surface area contributed by atoms with E-state index in [-0.39, 0.29) is 12.1 Å². The van der Waals surface area contributed by atoms with Gasteiger partial charge >= 0.3 is 12.1 Å². The molecule has 0 bridgehead atoms. The van der Waals surface area contributed by atoms with Crippen LogP contribution in [0.5, 0.6) is 0 Å². The van der Waals surface area contributed by atoms with Crippen molar-refractivity contribution in [3.63, 3.8) is 0 Å². The molecule has 0 saturated carbocycles. The minimum absolute atomic E-state index is 0.0402. The molecule has 0 unspecified atom stereocenters. The number of nitrogens with one attached hydrogen (secondary N) is 1. The zero-order valence-electron chi connectivity index (χ0n) is 13.9. The normalized spacial score (nSPS) is 11.1. The van der Waals surface area contributed by atoms with Gasteiger partial charge in [0.1, 0.15) is 0 Å². The number of benzene rings is 2. The molecule has 0 heterocycles. The lowest BCUT2D eigenvalue weighted by Gasteiger charge is -2.24. The van der Waals surface area contributed by atoms with Gasteiger partial charge in [0.25, 0.3) is 0 Å². The smallest absolute Gasteiger partial charge is 0.416 e. The first-order chi connectivity index (χ1) is 12.2. The number of carboxylic acids is 1. The highest BCUT2D eigenvalue weighted by Gasteiger charge is 2.31. The number of hydrogen-bond donors (Lipinski definition) is 2. The van der Waals surface area contributed by atoms with E-state index in [1.165, 1.54) is 6.07 Å². The summed E-state index contributed by atoms with van der Waals surface area (Å²) in [5.41, 5.74) is 0.124. The Kier molecular flexibility index (Phi) is 5.86. The molecular weight excluding hydrogens is 349 g/mol. The van der Waals surface area contributed by atoms with Gasteiger partial charge in [-0.25, -0.2) is 0 Å². The highest BCUT2D eigenvalue weighted by Crippen LogP contribution is 2.37. The first-order valence-electron chi connectivity index (χ1n) is 7.70. The van der Waals surface area contributed by atoms with Gasteiger partial charge in [-0.2, -0.15) is 13.2 Å². The van der Waals surface area contributed by atoms with E-state index in [1.807, 2.05) is 0 Å². The number of carboxylic acid groups (broad SMARTS) is 1. The molecule has 1 amide bonds. The van der Waals surface area contributed by atoms with Gasteiger partial charge in [-0.1, -0.05) is 18.2 Å². The largest absolute Gasteiger partial charge is 0.481 e. The Morgan fingerprint density at radius 3 is 2.31 bits per heavy atom. The third-order valence-electron chi connectivity index (χ3n) is 3.67. The fourth-order valence-corrected chi connectivity index (χ4v) is 2.33. The lowest BCUT2D eigenvalue weighted by atomic mass is 10.1. The van der Waals surface area contributed by atoms with Gasteiger partial charge in [-0.05, 0) is 30.3 Å². The summed E-state index contributed by atoms with van der Waals surface area (Å²) in [6, 6.07) is 11.9. The maximum Gasteiger partial charge on any atom is 0.416 e. The van der Waals surface area contributed by atoms with Gasteiger partial charge in [0.05, 0.1) is 23.4 Å². The van der Waals surface area contributed by atoms with Crippen molar-refractivity contribution < 1.29 is 27.9 Å². The highest BCUT2D eigenvalue weighted by molar-refractivity contribution is 5.96. The Balaban J connectivity index is 2.37. The number of halogens is 3. The van der Waals surface area contributed by atoms with Crippen LogP contribution in [0.1, 0.15) is 18.4 Å². The Labute approximate surface area is 148 Å². The number of alkyl halides is 3. The molecule has 2 N–H and O–H groups in total. The number of aliphatic carboxylic acids is 1. The van der Waals surface area contributed by atoms with Crippen molar-refractivity contribution in [1.82, 2.24) is 0 Å². The first kappa shape index (κ1) is 19.3. The standard InChI is InChI=1S/C18H17F3N2O3/c1-23(13-5-3-2-4-6-13)15-8-7-12(18(19,20)21)11-14(15)22-16(24)9-10-17(25)26/h2-8,11H,9-10H2,1H3,(H,22,24)(H,25,26). The number of hydrogen-bond acceptors (Lipinski definition) is 3. The van der Waals surface area contributed by atoms with Crippen molar-refractivity contribution in [3.8, 4) is 0 Å². The summed E-state index contributed by atoms with van der Waals surface area (Å²) in [7, 11) is 1.66. The second-order valence-corrected chi connectivity index (χ2v) is 5.57. The number of para-hydroxylation sites is 1. The third-order valence-corrected chi connectivity index (χ3v) is 3.67. The van der Waals surface area contributed by atoms with E-state index in [1.54, 1.807) is 42.3 Å². The van der Waals surface area contributed by atoms with E-state index in [0.29, 0.717) is 11.4 Å². The fourth-order valence-electron chi connectivity index (χ4n) is 2.33. The first-order valence-corrected chi connectivity index (χ1v) is 7.70. The van der Waals surface area contributed by atoms with Crippen LogP contribution in [0.3, 0.4) is 0 Å². The van der Waals surface area contributed by atoms with Gasteiger partial charge in [0.2, 0.25) is 5.91 Å². The molecule has 0 aromatic heterocycles. The van der Waals surface area contributed by atoms with Crippen LogP contribution in [-0.2, 0) is 15.8 Å². The quantitative estimate of drug-likeness (QED) is 0.801. The predicted octanol–water partition coefficient (Wildman–Crippen LogP) is 4.28. The molecule has 0 spiro atoms. The lowest BCUT2D eigenvalue weighted by Crippen LogP contribution is -2.18. The van der Waals surface area contributed by atoms with Crippen molar-refractivity contribution in [2.75, 3.05) is 17.3 Å². The van der Waals surface area contributed by atoms with Gasteiger partial charge in [0.15, 0.2) is 0 Å². The summed E-state index contributed by atoms with van der Waals surface area (Å²) < 4.78 is 39.0. The summed E-state index contributed by atoms with van der Waals surface area (Å²) in [6.07, 6.45) is -5.31.